The molecule has 1 aliphatic heterocycles. The molecule has 0 spiro atoms. The highest BCUT2D eigenvalue weighted by molar-refractivity contribution is 5.85. The Kier molecular flexibility index (Phi) is 4.62. The van der Waals surface area contributed by atoms with Crippen LogP contribution in [0.2, 0.25) is 0 Å². The van der Waals surface area contributed by atoms with E-state index >= 15 is 0 Å². The van der Waals surface area contributed by atoms with E-state index in [0.717, 1.165) is 0 Å². The van der Waals surface area contributed by atoms with Gasteiger partial charge >= 0.3 is 0 Å². The minimum absolute atomic E-state index is 0. The summed E-state index contributed by atoms with van der Waals surface area (Å²) in [6.45, 7) is 5.61. The molecule has 0 aliphatic carbocycles. The normalized spacial score (nSPS) is 20.8. The van der Waals surface area contributed by atoms with Gasteiger partial charge in [-0.3, -0.25) is 0 Å². The highest BCUT2D eigenvalue weighted by Gasteiger charge is 2.16. The number of benzene rings is 1. The third kappa shape index (κ3) is 2.73. The number of halogens is 1. The molecule has 1 N–H and O–H groups in total. The smallest absolute Gasteiger partial charge is 0.0322 e. The summed E-state index contributed by atoms with van der Waals surface area (Å²) in [6, 6.07) is 7.24. The molecule has 1 heterocycles. The van der Waals surface area contributed by atoms with Crippen molar-refractivity contribution in [1.82, 2.24) is 5.32 Å². The third-order valence-electron chi connectivity index (χ3n) is 3.33. The van der Waals surface area contributed by atoms with Gasteiger partial charge in [0.25, 0.3) is 0 Å². The van der Waals surface area contributed by atoms with E-state index in [4.69, 9.17) is 0 Å². The average Bonchev–Trinajstić information content (AvgIpc) is 2.23. The second kappa shape index (κ2) is 5.53. The molecule has 0 radical (unpaired) electrons. The van der Waals surface area contributed by atoms with Crippen molar-refractivity contribution < 1.29 is 0 Å². The lowest BCUT2D eigenvalue weighted by Gasteiger charge is -2.25. The Bertz CT molecular complexity index is 316. The number of nitrogens with one attached hydrogen (secondary N) is 1. The van der Waals surface area contributed by atoms with Crippen LogP contribution in [0.5, 0.6) is 0 Å². The van der Waals surface area contributed by atoms with E-state index in [9.17, 15) is 0 Å². The maximum Gasteiger partial charge on any atom is 0.0322 e. The SMILES string of the molecule is Cc1cccc([C@H]2CCCCN2)c1C.Cl. The zero-order chi connectivity index (χ0) is 9.97. The molecule has 1 atom stereocenters. The maximum atomic E-state index is 3.60. The van der Waals surface area contributed by atoms with E-state index in [1.807, 2.05) is 0 Å². The van der Waals surface area contributed by atoms with Crippen LogP contribution in [0.4, 0.5) is 0 Å². The van der Waals surface area contributed by atoms with E-state index in [2.05, 4.69) is 37.4 Å². The topological polar surface area (TPSA) is 12.0 Å². The molecule has 1 aromatic carbocycles. The lowest BCUT2D eigenvalue weighted by atomic mass is 9.92. The van der Waals surface area contributed by atoms with Gasteiger partial charge in [0.15, 0.2) is 0 Å². The van der Waals surface area contributed by atoms with Crippen molar-refractivity contribution >= 4 is 12.4 Å². The predicted molar refractivity (Wildman–Crippen MR) is 67.8 cm³/mol. The Balaban J connectivity index is 0.00000112. The first kappa shape index (κ1) is 12.5. The quantitative estimate of drug-likeness (QED) is 0.771. The molecule has 1 aromatic rings. The molecule has 15 heavy (non-hydrogen) atoms. The van der Waals surface area contributed by atoms with Gasteiger partial charge in [-0.1, -0.05) is 24.6 Å². The molecule has 0 bridgehead atoms. The van der Waals surface area contributed by atoms with Gasteiger partial charge in [0, 0.05) is 6.04 Å². The van der Waals surface area contributed by atoms with Crippen LogP contribution in [-0.2, 0) is 0 Å². The zero-order valence-electron chi connectivity index (χ0n) is 9.55. The monoisotopic (exact) mass is 225 g/mol. The van der Waals surface area contributed by atoms with Gasteiger partial charge in [0.1, 0.15) is 0 Å². The molecular formula is C13H20ClN. The fourth-order valence-electron chi connectivity index (χ4n) is 2.27. The minimum atomic E-state index is 0. The van der Waals surface area contributed by atoms with E-state index in [0.29, 0.717) is 6.04 Å². The van der Waals surface area contributed by atoms with Gasteiger partial charge < -0.3 is 5.32 Å². The molecule has 1 saturated heterocycles. The van der Waals surface area contributed by atoms with Crippen molar-refractivity contribution in [1.29, 1.82) is 0 Å². The van der Waals surface area contributed by atoms with Gasteiger partial charge in [-0.2, -0.15) is 0 Å². The first-order valence-electron chi connectivity index (χ1n) is 5.58. The van der Waals surface area contributed by atoms with Gasteiger partial charge in [-0.25, -0.2) is 0 Å². The summed E-state index contributed by atoms with van der Waals surface area (Å²) in [6.07, 6.45) is 4.00. The lowest BCUT2D eigenvalue weighted by Crippen LogP contribution is -2.27. The lowest BCUT2D eigenvalue weighted by molar-refractivity contribution is 0.411. The molecule has 84 valence electrons. The molecule has 1 nitrogen and oxygen atoms in total. The van der Waals surface area contributed by atoms with Crippen LogP contribution < -0.4 is 5.32 Å². The van der Waals surface area contributed by atoms with Crippen LogP contribution in [0.25, 0.3) is 0 Å². The number of hydrogen-bond donors (Lipinski definition) is 1. The molecule has 2 rings (SSSR count). The van der Waals surface area contributed by atoms with Gasteiger partial charge in [0.2, 0.25) is 0 Å². The van der Waals surface area contributed by atoms with Crippen molar-refractivity contribution in [2.24, 2.45) is 0 Å². The molecule has 2 heteroatoms. The first-order valence-corrected chi connectivity index (χ1v) is 5.58. The maximum absolute atomic E-state index is 3.60. The molecule has 0 amide bonds. The van der Waals surface area contributed by atoms with Crippen LogP contribution in [0.1, 0.15) is 42.0 Å². The fraction of sp³-hybridized carbons (Fsp3) is 0.538. The number of aryl methyl sites for hydroxylation is 1. The molecule has 0 unspecified atom stereocenters. The Hall–Kier alpha value is -0.530. The van der Waals surface area contributed by atoms with Gasteiger partial charge in [-0.05, 0) is 49.9 Å². The zero-order valence-corrected chi connectivity index (χ0v) is 10.4. The summed E-state index contributed by atoms with van der Waals surface area (Å²) in [4.78, 5) is 0. The molecule has 0 saturated carbocycles. The van der Waals surface area contributed by atoms with E-state index < -0.39 is 0 Å². The second-order valence-electron chi connectivity index (χ2n) is 4.29. The van der Waals surface area contributed by atoms with E-state index in [1.54, 1.807) is 0 Å². The van der Waals surface area contributed by atoms with Crippen LogP contribution in [0, 0.1) is 13.8 Å². The molecule has 1 fully saturated rings. The van der Waals surface area contributed by atoms with Crippen molar-refractivity contribution in [3.63, 3.8) is 0 Å². The highest BCUT2D eigenvalue weighted by atomic mass is 35.5. The minimum Gasteiger partial charge on any atom is -0.310 e. The summed E-state index contributed by atoms with van der Waals surface area (Å²) in [5.74, 6) is 0. The molecule has 0 aromatic heterocycles. The second-order valence-corrected chi connectivity index (χ2v) is 4.29. The fourth-order valence-corrected chi connectivity index (χ4v) is 2.27. The summed E-state index contributed by atoms with van der Waals surface area (Å²) < 4.78 is 0. The Labute approximate surface area is 98.7 Å². The summed E-state index contributed by atoms with van der Waals surface area (Å²) in [5.41, 5.74) is 4.38. The van der Waals surface area contributed by atoms with E-state index in [-0.39, 0.29) is 12.4 Å². The van der Waals surface area contributed by atoms with Crippen molar-refractivity contribution in [3.05, 3.63) is 34.9 Å². The van der Waals surface area contributed by atoms with Crippen LogP contribution in [0.3, 0.4) is 0 Å². The summed E-state index contributed by atoms with van der Waals surface area (Å²) in [7, 11) is 0. The van der Waals surface area contributed by atoms with Crippen LogP contribution >= 0.6 is 12.4 Å². The number of piperidine rings is 1. The van der Waals surface area contributed by atoms with Crippen LogP contribution in [-0.4, -0.2) is 6.54 Å². The van der Waals surface area contributed by atoms with Crippen LogP contribution in [0.15, 0.2) is 18.2 Å². The Morgan fingerprint density at radius 2 is 2.00 bits per heavy atom. The predicted octanol–water partition coefficient (Wildman–Crippen LogP) is 3.54. The average molecular weight is 226 g/mol. The third-order valence-corrected chi connectivity index (χ3v) is 3.33. The van der Waals surface area contributed by atoms with Crippen molar-refractivity contribution in [2.45, 2.75) is 39.2 Å². The Morgan fingerprint density at radius 3 is 2.67 bits per heavy atom. The van der Waals surface area contributed by atoms with Gasteiger partial charge in [-0.15, -0.1) is 12.4 Å². The van der Waals surface area contributed by atoms with Crippen molar-refractivity contribution in [3.8, 4) is 0 Å². The molecular weight excluding hydrogens is 206 g/mol. The number of rotatable bonds is 1. The van der Waals surface area contributed by atoms with E-state index in [1.165, 1.54) is 42.5 Å². The highest BCUT2D eigenvalue weighted by Crippen LogP contribution is 2.26. The first-order chi connectivity index (χ1) is 6.79. The Morgan fingerprint density at radius 1 is 1.20 bits per heavy atom. The summed E-state index contributed by atoms with van der Waals surface area (Å²) in [5, 5.41) is 3.60. The largest absolute Gasteiger partial charge is 0.310 e. The molecule has 1 aliphatic rings. The number of hydrogen-bond acceptors (Lipinski definition) is 1. The van der Waals surface area contributed by atoms with Gasteiger partial charge in [0.05, 0.1) is 0 Å². The standard InChI is InChI=1S/C13H19N.ClH/c1-10-6-5-7-12(11(10)2)13-8-3-4-9-14-13;/h5-7,13-14H,3-4,8-9H2,1-2H3;1H/t13-;/m1./s1. The van der Waals surface area contributed by atoms with Crippen molar-refractivity contribution in [2.75, 3.05) is 6.54 Å². The summed E-state index contributed by atoms with van der Waals surface area (Å²) >= 11 is 0.